The molecule has 9 nitrogen and oxygen atoms in total. The lowest BCUT2D eigenvalue weighted by atomic mass is 9.81. The molecule has 198 valence electrons. The fourth-order valence-electron chi connectivity index (χ4n) is 4.42. The predicted octanol–water partition coefficient (Wildman–Crippen LogP) is 4.02. The molecule has 37 heavy (non-hydrogen) atoms. The summed E-state index contributed by atoms with van der Waals surface area (Å²) in [6.07, 6.45) is 0.190. The third-order valence-corrected chi connectivity index (χ3v) is 7.42. The number of hydrogen-bond donors (Lipinski definition) is 2. The van der Waals surface area contributed by atoms with Crippen LogP contribution in [0.1, 0.15) is 53.0 Å². The molecule has 2 amide bonds. The summed E-state index contributed by atoms with van der Waals surface area (Å²) in [5.74, 6) is -2.87. The van der Waals surface area contributed by atoms with Gasteiger partial charge in [-0.15, -0.1) is 0 Å². The van der Waals surface area contributed by atoms with Crippen LogP contribution >= 0.6 is 15.9 Å². The third kappa shape index (κ3) is 6.56. The van der Waals surface area contributed by atoms with Crippen molar-refractivity contribution in [2.75, 3.05) is 38.6 Å². The minimum atomic E-state index is -1.61. The predicted molar refractivity (Wildman–Crippen MR) is 142 cm³/mol. The Balaban J connectivity index is 1.77. The highest BCUT2D eigenvalue weighted by Crippen LogP contribution is 2.29. The second kappa shape index (κ2) is 12.3. The Morgan fingerprint density at radius 3 is 2.11 bits per heavy atom. The Hall–Kier alpha value is -3.24. The van der Waals surface area contributed by atoms with Gasteiger partial charge in [-0.2, -0.15) is 0 Å². The van der Waals surface area contributed by atoms with Crippen LogP contribution in [0.15, 0.2) is 46.9 Å². The molecule has 0 aromatic heterocycles. The van der Waals surface area contributed by atoms with Gasteiger partial charge in [0.25, 0.3) is 5.91 Å². The van der Waals surface area contributed by atoms with Gasteiger partial charge >= 0.3 is 11.9 Å². The first-order chi connectivity index (χ1) is 17.6. The van der Waals surface area contributed by atoms with Crippen LogP contribution in [0.4, 0.5) is 5.69 Å². The van der Waals surface area contributed by atoms with Gasteiger partial charge < -0.3 is 20.1 Å². The molecule has 2 aromatic rings. The number of halogens is 1. The standard InChI is InChI=1S/C27H32BrN3O6/c1-4-27(5-2,26(35)36)25(34)29-22-15-19(14-20(16-22)24(33)37-3)23(32)31-12-10-30(11-13-31)17-18-6-8-21(28)9-7-18/h6-9,14-16H,4-5,10-13,17H2,1-3H3,(H,29,34)(H,35,36). The maximum Gasteiger partial charge on any atom is 0.337 e. The maximum absolute atomic E-state index is 13.4. The SMILES string of the molecule is CCC(CC)(C(=O)O)C(=O)Nc1cc(C(=O)OC)cc(C(=O)N2CCN(Cc3ccc(Br)cc3)CC2)c1. The molecule has 3 rings (SSSR count). The normalized spacial score (nSPS) is 14.2. The molecule has 1 fully saturated rings. The van der Waals surface area contributed by atoms with Crippen LogP contribution in [0, 0.1) is 5.41 Å². The molecule has 0 unspecified atom stereocenters. The average molecular weight is 574 g/mol. The largest absolute Gasteiger partial charge is 0.480 e. The van der Waals surface area contributed by atoms with Gasteiger partial charge in [0, 0.05) is 48.4 Å². The van der Waals surface area contributed by atoms with Crippen molar-refractivity contribution in [3.8, 4) is 0 Å². The Bertz CT molecular complexity index is 1160. The topological polar surface area (TPSA) is 116 Å². The monoisotopic (exact) mass is 573 g/mol. The molecule has 2 aromatic carbocycles. The van der Waals surface area contributed by atoms with E-state index in [1.807, 2.05) is 12.1 Å². The summed E-state index contributed by atoms with van der Waals surface area (Å²) in [6, 6.07) is 12.4. The van der Waals surface area contributed by atoms with Gasteiger partial charge in [-0.1, -0.05) is 41.9 Å². The number of aliphatic carboxylic acids is 1. The fraction of sp³-hybridized carbons (Fsp3) is 0.407. The number of anilines is 1. The molecule has 0 spiro atoms. The van der Waals surface area contributed by atoms with Gasteiger partial charge in [-0.3, -0.25) is 19.3 Å². The van der Waals surface area contributed by atoms with Gasteiger partial charge in [0.15, 0.2) is 0 Å². The van der Waals surface area contributed by atoms with Crippen LogP contribution in [0.25, 0.3) is 0 Å². The Morgan fingerprint density at radius 1 is 0.973 bits per heavy atom. The summed E-state index contributed by atoms with van der Waals surface area (Å²) in [7, 11) is 1.23. The van der Waals surface area contributed by atoms with Crippen molar-refractivity contribution in [3.63, 3.8) is 0 Å². The van der Waals surface area contributed by atoms with E-state index >= 15 is 0 Å². The lowest BCUT2D eigenvalue weighted by Gasteiger charge is -2.35. The lowest BCUT2D eigenvalue weighted by Crippen LogP contribution is -2.48. The number of esters is 1. The summed E-state index contributed by atoms with van der Waals surface area (Å²) in [6.45, 7) is 6.44. The number of carbonyl (C=O) groups is 4. The summed E-state index contributed by atoms with van der Waals surface area (Å²) >= 11 is 3.44. The van der Waals surface area contributed by atoms with Crippen LogP contribution in [0.3, 0.4) is 0 Å². The molecule has 10 heteroatoms. The fourth-order valence-corrected chi connectivity index (χ4v) is 4.68. The van der Waals surface area contributed by atoms with Gasteiger partial charge in [0.2, 0.25) is 5.91 Å². The molecular weight excluding hydrogens is 542 g/mol. The van der Waals surface area contributed by atoms with E-state index in [1.54, 1.807) is 18.7 Å². The number of carboxylic acids is 1. The van der Waals surface area contributed by atoms with E-state index in [0.717, 1.165) is 11.0 Å². The molecule has 0 aliphatic carbocycles. The van der Waals surface area contributed by atoms with Crippen molar-refractivity contribution in [2.24, 2.45) is 5.41 Å². The van der Waals surface area contributed by atoms with Crippen LogP contribution in [-0.4, -0.2) is 71.9 Å². The van der Waals surface area contributed by atoms with Crippen molar-refractivity contribution >= 4 is 45.4 Å². The number of carboxylic acid groups (broad SMARTS) is 1. The first kappa shape index (κ1) is 28.3. The van der Waals surface area contributed by atoms with E-state index in [4.69, 9.17) is 4.74 Å². The Kier molecular flexibility index (Phi) is 9.45. The number of piperazine rings is 1. The molecule has 1 aliphatic heterocycles. The molecule has 0 saturated carbocycles. The number of benzene rings is 2. The number of hydrogen-bond acceptors (Lipinski definition) is 6. The summed E-state index contributed by atoms with van der Waals surface area (Å²) in [4.78, 5) is 54.5. The second-order valence-corrected chi connectivity index (χ2v) is 9.95. The molecule has 1 heterocycles. The molecule has 0 bridgehead atoms. The minimum absolute atomic E-state index is 0.0893. The molecule has 0 radical (unpaired) electrons. The van der Waals surface area contributed by atoms with E-state index in [0.29, 0.717) is 26.2 Å². The summed E-state index contributed by atoms with van der Waals surface area (Å²) < 4.78 is 5.84. The average Bonchev–Trinajstić information content (AvgIpc) is 2.90. The number of carbonyl (C=O) groups excluding carboxylic acids is 3. The second-order valence-electron chi connectivity index (χ2n) is 9.03. The zero-order chi connectivity index (χ0) is 27.2. The lowest BCUT2D eigenvalue weighted by molar-refractivity contribution is -0.154. The van der Waals surface area contributed by atoms with Crippen LogP contribution in [-0.2, 0) is 20.9 Å². The smallest absolute Gasteiger partial charge is 0.337 e. The molecule has 2 N–H and O–H groups in total. The maximum atomic E-state index is 13.4. The van der Waals surface area contributed by atoms with Crippen molar-refractivity contribution in [1.82, 2.24) is 9.80 Å². The van der Waals surface area contributed by atoms with E-state index < -0.39 is 23.3 Å². The van der Waals surface area contributed by atoms with Crippen molar-refractivity contribution in [2.45, 2.75) is 33.2 Å². The van der Waals surface area contributed by atoms with Gasteiger partial charge in [0.1, 0.15) is 5.41 Å². The highest BCUT2D eigenvalue weighted by molar-refractivity contribution is 9.10. The number of nitrogens with one attached hydrogen (secondary N) is 1. The zero-order valence-electron chi connectivity index (χ0n) is 21.3. The van der Waals surface area contributed by atoms with E-state index in [1.165, 1.54) is 30.9 Å². The van der Waals surface area contributed by atoms with E-state index in [9.17, 15) is 24.3 Å². The van der Waals surface area contributed by atoms with E-state index in [-0.39, 0.29) is 35.6 Å². The highest BCUT2D eigenvalue weighted by Gasteiger charge is 2.43. The number of nitrogens with zero attached hydrogens (tertiary/aromatic N) is 2. The molecular formula is C27H32BrN3O6. The first-order valence-electron chi connectivity index (χ1n) is 12.2. The van der Waals surface area contributed by atoms with Gasteiger partial charge in [-0.25, -0.2) is 4.79 Å². The molecule has 1 saturated heterocycles. The van der Waals surface area contributed by atoms with Crippen molar-refractivity contribution in [3.05, 3.63) is 63.6 Å². The van der Waals surface area contributed by atoms with Crippen LogP contribution in [0.5, 0.6) is 0 Å². The number of amides is 2. The van der Waals surface area contributed by atoms with Gasteiger partial charge in [-0.05, 0) is 48.7 Å². The highest BCUT2D eigenvalue weighted by atomic mass is 79.9. The number of methoxy groups -OCH3 is 1. The van der Waals surface area contributed by atoms with Crippen molar-refractivity contribution in [1.29, 1.82) is 0 Å². The molecule has 1 aliphatic rings. The molecule has 0 atom stereocenters. The Labute approximate surface area is 224 Å². The van der Waals surface area contributed by atoms with Gasteiger partial charge in [0.05, 0.1) is 12.7 Å². The van der Waals surface area contributed by atoms with Crippen molar-refractivity contribution < 1.29 is 29.0 Å². The minimum Gasteiger partial charge on any atom is -0.480 e. The third-order valence-electron chi connectivity index (χ3n) is 6.89. The van der Waals surface area contributed by atoms with E-state index in [2.05, 4.69) is 38.3 Å². The number of ether oxygens (including phenoxy) is 1. The Morgan fingerprint density at radius 2 is 1.57 bits per heavy atom. The zero-order valence-corrected chi connectivity index (χ0v) is 22.8. The van der Waals surface area contributed by atoms with Crippen LogP contribution < -0.4 is 5.32 Å². The summed E-state index contributed by atoms with van der Waals surface area (Å²) in [5.41, 5.74) is 0.0414. The number of rotatable bonds is 9. The summed E-state index contributed by atoms with van der Waals surface area (Å²) in [5, 5.41) is 12.3. The first-order valence-corrected chi connectivity index (χ1v) is 13.0. The van der Waals surface area contributed by atoms with Crippen LogP contribution in [0.2, 0.25) is 0 Å². The quantitative estimate of drug-likeness (QED) is 0.343.